The summed E-state index contributed by atoms with van der Waals surface area (Å²) in [7, 11) is 0. The summed E-state index contributed by atoms with van der Waals surface area (Å²) in [6.07, 6.45) is 21.5. The zero-order chi connectivity index (χ0) is 32.2. The third-order valence-corrected chi connectivity index (χ3v) is 11.5. The van der Waals surface area contributed by atoms with Crippen molar-refractivity contribution in [3.63, 3.8) is 0 Å². The van der Waals surface area contributed by atoms with Gasteiger partial charge in [0.25, 0.3) is 0 Å². The Hall–Kier alpha value is -2.71. The summed E-state index contributed by atoms with van der Waals surface area (Å²) in [5.74, 6) is 2.50. The fraction of sp³-hybridized carbons (Fsp3) is 0.558. The Morgan fingerprint density at radius 3 is 2.42 bits per heavy atom. The van der Waals surface area contributed by atoms with Gasteiger partial charge < -0.3 is 0 Å². The molecule has 45 heavy (non-hydrogen) atoms. The van der Waals surface area contributed by atoms with Gasteiger partial charge in [-0.15, -0.1) is 0 Å². The monoisotopic (exact) mass is 604 g/mol. The second-order valence-electron chi connectivity index (χ2n) is 15.0. The SMILES string of the molecule is C=C(C)C1=CC(C)=C(/C(=C/C(C)=C\C)Cc2ccccc2C)C(C)C=C1/N=C(\C)C1CC1CC(CC)CN1C2CCCC1CC2. The van der Waals surface area contributed by atoms with Crippen LogP contribution in [0.5, 0.6) is 0 Å². The normalized spacial score (nSPS) is 28.5. The zero-order valence-electron chi connectivity index (χ0n) is 29.8. The number of allylic oxidation sites excluding steroid dienone is 9. The van der Waals surface area contributed by atoms with Crippen LogP contribution in [-0.2, 0) is 6.42 Å². The quantitative estimate of drug-likeness (QED) is 0.171. The first-order valence-electron chi connectivity index (χ1n) is 18.1. The van der Waals surface area contributed by atoms with Crippen molar-refractivity contribution in [2.45, 2.75) is 125 Å². The minimum absolute atomic E-state index is 0.254. The number of rotatable bonds is 12. The van der Waals surface area contributed by atoms with Crippen LogP contribution in [0.25, 0.3) is 0 Å². The number of hydrogen-bond acceptors (Lipinski definition) is 2. The van der Waals surface area contributed by atoms with Crippen molar-refractivity contribution in [2.24, 2.45) is 28.7 Å². The molecule has 2 heterocycles. The van der Waals surface area contributed by atoms with Crippen LogP contribution in [0.2, 0.25) is 0 Å². The van der Waals surface area contributed by atoms with Crippen LogP contribution in [0.15, 0.2) is 99.3 Å². The van der Waals surface area contributed by atoms with Crippen molar-refractivity contribution >= 4 is 5.71 Å². The second-order valence-corrected chi connectivity index (χ2v) is 15.0. The molecule has 242 valence electrons. The molecular formula is C43H60N2. The standard InChI is InChI=1S/C43H60N2/c1-10-29(5)21-37(25-35-16-13-12-15-30(35)6)43-31(7)22-40(28(3)4)42(23-32(43)8)44-33(9)41-26-36(41)24-34(11-2)27-45-38-17-14-18-39(45)20-19-38/h10,12-13,15-16,21-23,32,34,36,38-39,41H,3,11,14,17-20,24-27H2,1-2,4-9H3/b29-10-,37-21+,44-33+. The number of aliphatic imine (C=N–C) groups is 1. The van der Waals surface area contributed by atoms with Crippen molar-refractivity contribution < 1.29 is 0 Å². The van der Waals surface area contributed by atoms with Gasteiger partial charge in [0.2, 0.25) is 0 Å². The molecule has 2 aliphatic heterocycles. The maximum atomic E-state index is 5.43. The van der Waals surface area contributed by atoms with E-state index in [4.69, 9.17) is 4.99 Å². The minimum atomic E-state index is 0.254. The summed E-state index contributed by atoms with van der Waals surface area (Å²) in [4.78, 5) is 8.35. The largest absolute Gasteiger partial charge is 0.297 e. The number of hydrogen-bond donors (Lipinski definition) is 0. The lowest BCUT2D eigenvalue weighted by Gasteiger charge is -2.37. The predicted molar refractivity (Wildman–Crippen MR) is 196 cm³/mol. The van der Waals surface area contributed by atoms with Gasteiger partial charge in [-0.1, -0.05) is 81.3 Å². The Labute approximate surface area is 275 Å². The molecule has 1 aromatic rings. The zero-order valence-corrected chi connectivity index (χ0v) is 29.8. The molecule has 4 aliphatic rings. The fourth-order valence-corrected chi connectivity index (χ4v) is 8.63. The van der Waals surface area contributed by atoms with Crippen molar-refractivity contribution in [1.82, 2.24) is 4.90 Å². The van der Waals surface area contributed by atoms with Crippen LogP contribution in [0, 0.1) is 30.6 Å². The smallest absolute Gasteiger partial charge is 0.0670 e. The molecule has 0 N–H and O–H groups in total. The maximum absolute atomic E-state index is 5.43. The Kier molecular flexibility index (Phi) is 11.1. The number of piperidine rings is 1. The summed E-state index contributed by atoms with van der Waals surface area (Å²) >= 11 is 0. The van der Waals surface area contributed by atoms with Crippen molar-refractivity contribution in [3.8, 4) is 0 Å². The van der Waals surface area contributed by atoms with Crippen molar-refractivity contribution in [1.29, 1.82) is 0 Å². The number of nitrogens with zero attached hydrogens (tertiary/aromatic N) is 2. The first-order valence-corrected chi connectivity index (χ1v) is 18.1. The number of aryl methyl sites for hydroxylation is 1. The van der Waals surface area contributed by atoms with Crippen LogP contribution in [-0.4, -0.2) is 29.2 Å². The Morgan fingerprint density at radius 2 is 1.78 bits per heavy atom. The number of benzene rings is 1. The molecule has 5 rings (SSSR count). The molecule has 3 fully saturated rings. The highest BCUT2D eigenvalue weighted by Gasteiger charge is 2.42. The predicted octanol–water partition coefficient (Wildman–Crippen LogP) is 11.3. The third kappa shape index (κ3) is 7.99. The molecule has 6 unspecified atom stereocenters. The van der Waals surface area contributed by atoms with Gasteiger partial charge in [0.15, 0.2) is 0 Å². The second kappa shape index (κ2) is 14.8. The molecule has 0 amide bonds. The van der Waals surface area contributed by atoms with Gasteiger partial charge in [-0.3, -0.25) is 9.89 Å². The lowest BCUT2D eigenvalue weighted by atomic mass is 9.85. The van der Waals surface area contributed by atoms with E-state index in [1.165, 1.54) is 103 Å². The number of fused-ring (bicyclic) bond motifs is 2. The minimum Gasteiger partial charge on any atom is -0.297 e. The molecule has 1 aromatic carbocycles. The molecule has 1 saturated carbocycles. The van der Waals surface area contributed by atoms with Crippen molar-refractivity contribution in [3.05, 3.63) is 105 Å². The van der Waals surface area contributed by atoms with E-state index in [1.807, 2.05) is 0 Å². The highest BCUT2D eigenvalue weighted by atomic mass is 15.2. The summed E-state index contributed by atoms with van der Waals surface area (Å²) < 4.78 is 0. The van der Waals surface area contributed by atoms with Gasteiger partial charge in [-0.05, 0) is 138 Å². The average Bonchev–Trinajstić information content (AvgIpc) is 3.76. The van der Waals surface area contributed by atoms with Gasteiger partial charge in [0.1, 0.15) is 0 Å². The lowest BCUT2D eigenvalue weighted by molar-refractivity contribution is 0.112. The van der Waals surface area contributed by atoms with Crippen molar-refractivity contribution in [2.75, 3.05) is 6.54 Å². The molecule has 2 saturated heterocycles. The Balaban J connectivity index is 1.35. The maximum Gasteiger partial charge on any atom is 0.0670 e. The van der Waals surface area contributed by atoms with E-state index in [1.54, 1.807) is 0 Å². The van der Waals surface area contributed by atoms with E-state index in [-0.39, 0.29) is 5.92 Å². The molecule has 0 radical (unpaired) electrons. The van der Waals surface area contributed by atoms with Crippen LogP contribution in [0.4, 0.5) is 0 Å². The molecule has 0 aromatic heterocycles. The van der Waals surface area contributed by atoms with E-state index < -0.39 is 0 Å². The highest BCUT2D eigenvalue weighted by Crippen LogP contribution is 2.46. The highest BCUT2D eigenvalue weighted by molar-refractivity contribution is 5.88. The first kappa shape index (κ1) is 33.6. The molecular weight excluding hydrogens is 544 g/mol. The van der Waals surface area contributed by atoms with E-state index in [0.29, 0.717) is 5.92 Å². The molecule has 2 aliphatic carbocycles. The van der Waals surface area contributed by atoms with E-state index >= 15 is 0 Å². The van der Waals surface area contributed by atoms with Gasteiger partial charge in [0, 0.05) is 41.7 Å². The Morgan fingerprint density at radius 1 is 1.07 bits per heavy atom. The van der Waals surface area contributed by atoms with Crippen LogP contribution in [0.3, 0.4) is 0 Å². The van der Waals surface area contributed by atoms with E-state index in [0.717, 1.165) is 41.6 Å². The summed E-state index contributed by atoms with van der Waals surface area (Å²) in [5, 5.41) is 0. The molecule has 0 spiro atoms. The van der Waals surface area contributed by atoms with Gasteiger partial charge in [-0.25, -0.2) is 0 Å². The third-order valence-electron chi connectivity index (χ3n) is 11.5. The van der Waals surface area contributed by atoms with Gasteiger partial charge in [-0.2, -0.15) is 0 Å². The first-order chi connectivity index (χ1) is 21.6. The van der Waals surface area contributed by atoms with Gasteiger partial charge in [0.05, 0.1) is 5.70 Å². The van der Waals surface area contributed by atoms with E-state index in [2.05, 4.69) is 115 Å². The lowest BCUT2D eigenvalue weighted by Crippen LogP contribution is -2.42. The van der Waals surface area contributed by atoms with E-state index in [9.17, 15) is 0 Å². The van der Waals surface area contributed by atoms with Crippen LogP contribution in [0.1, 0.15) is 111 Å². The van der Waals surface area contributed by atoms with Crippen LogP contribution >= 0.6 is 0 Å². The summed E-state index contributed by atoms with van der Waals surface area (Å²) in [6.45, 7) is 23.8. The summed E-state index contributed by atoms with van der Waals surface area (Å²) in [6, 6.07) is 10.6. The molecule has 2 nitrogen and oxygen atoms in total. The Bertz CT molecular complexity index is 1430. The molecule has 2 heteroatoms. The topological polar surface area (TPSA) is 15.6 Å². The molecule has 2 bridgehead atoms. The summed E-state index contributed by atoms with van der Waals surface area (Å²) in [5.41, 5.74) is 12.9. The van der Waals surface area contributed by atoms with Crippen LogP contribution < -0.4 is 0 Å². The average molecular weight is 605 g/mol. The van der Waals surface area contributed by atoms with Gasteiger partial charge >= 0.3 is 0 Å². The molecule has 6 atom stereocenters. The fourth-order valence-electron chi connectivity index (χ4n) is 8.63.